The lowest BCUT2D eigenvalue weighted by Crippen LogP contribution is -2.14. The van der Waals surface area contributed by atoms with E-state index in [1.54, 1.807) is 18.2 Å². The van der Waals surface area contributed by atoms with E-state index >= 15 is 0 Å². The molecule has 0 aliphatic heterocycles. The molecule has 0 saturated heterocycles. The van der Waals surface area contributed by atoms with Gasteiger partial charge in [-0.25, -0.2) is 8.42 Å². The fourth-order valence-corrected chi connectivity index (χ4v) is 4.37. The molecule has 0 atom stereocenters. The van der Waals surface area contributed by atoms with E-state index in [1.807, 2.05) is 19.1 Å². The molecule has 0 aliphatic carbocycles. The van der Waals surface area contributed by atoms with E-state index in [0.717, 1.165) is 10.0 Å². The molecule has 0 aliphatic rings. The second kappa shape index (κ2) is 6.48. The summed E-state index contributed by atoms with van der Waals surface area (Å²) in [6.45, 7) is 1.69. The first-order chi connectivity index (χ1) is 9.83. The summed E-state index contributed by atoms with van der Waals surface area (Å²) in [5, 5.41) is 9.07. The lowest BCUT2D eigenvalue weighted by molar-refractivity contribution is 0.281. The summed E-state index contributed by atoms with van der Waals surface area (Å²) in [6, 6.07) is 10.0. The number of sulfonamides is 1. The van der Waals surface area contributed by atoms with Gasteiger partial charge >= 0.3 is 0 Å². The average molecular weight is 435 g/mol. The van der Waals surface area contributed by atoms with E-state index in [9.17, 15) is 8.42 Å². The third-order valence-electron chi connectivity index (χ3n) is 2.91. The van der Waals surface area contributed by atoms with Gasteiger partial charge in [-0.05, 0) is 58.2 Å². The van der Waals surface area contributed by atoms with E-state index in [2.05, 4.69) is 36.6 Å². The predicted molar refractivity (Wildman–Crippen MR) is 89.8 cm³/mol. The molecule has 0 bridgehead atoms. The standard InChI is InChI=1S/C14H13Br2NO3S/c1-9-2-4-11(15)7-13(9)17-21(19,20)14-5-3-10(8-18)6-12(14)16/h2-7,17-18H,8H2,1H3. The molecule has 0 fully saturated rings. The van der Waals surface area contributed by atoms with E-state index in [1.165, 1.54) is 6.07 Å². The zero-order chi connectivity index (χ0) is 15.6. The maximum Gasteiger partial charge on any atom is 0.263 e. The zero-order valence-electron chi connectivity index (χ0n) is 11.1. The Morgan fingerprint density at radius 3 is 2.48 bits per heavy atom. The molecule has 0 amide bonds. The molecular weight excluding hydrogens is 422 g/mol. The van der Waals surface area contributed by atoms with Crippen LogP contribution < -0.4 is 4.72 Å². The Kier molecular flexibility index (Phi) is 5.08. The maximum atomic E-state index is 12.5. The normalized spacial score (nSPS) is 11.4. The number of aliphatic hydroxyl groups excluding tert-OH is 1. The number of benzene rings is 2. The van der Waals surface area contributed by atoms with Gasteiger partial charge in [-0.3, -0.25) is 4.72 Å². The van der Waals surface area contributed by atoms with Gasteiger partial charge in [0.05, 0.1) is 12.3 Å². The van der Waals surface area contributed by atoms with Crippen molar-refractivity contribution in [2.75, 3.05) is 4.72 Å². The molecule has 0 radical (unpaired) electrons. The molecule has 2 aromatic rings. The highest BCUT2D eigenvalue weighted by Gasteiger charge is 2.19. The van der Waals surface area contributed by atoms with Crippen molar-refractivity contribution in [2.45, 2.75) is 18.4 Å². The van der Waals surface area contributed by atoms with Crippen molar-refractivity contribution < 1.29 is 13.5 Å². The van der Waals surface area contributed by atoms with Crippen LogP contribution in [0, 0.1) is 6.92 Å². The Morgan fingerprint density at radius 2 is 1.86 bits per heavy atom. The van der Waals surface area contributed by atoms with Crippen LogP contribution in [-0.4, -0.2) is 13.5 Å². The van der Waals surface area contributed by atoms with Crippen LogP contribution in [0.5, 0.6) is 0 Å². The van der Waals surface area contributed by atoms with Crippen LogP contribution in [-0.2, 0) is 16.6 Å². The SMILES string of the molecule is Cc1ccc(Br)cc1NS(=O)(=O)c1ccc(CO)cc1Br. The third kappa shape index (κ3) is 3.85. The van der Waals surface area contributed by atoms with Crippen LogP contribution in [0.3, 0.4) is 0 Å². The molecule has 2 rings (SSSR count). The number of hydrogen-bond acceptors (Lipinski definition) is 3. The summed E-state index contributed by atoms with van der Waals surface area (Å²) >= 11 is 6.55. The molecule has 0 spiro atoms. The second-order valence-electron chi connectivity index (χ2n) is 4.49. The van der Waals surface area contributed by atoms with Crippen LogP contribution in [0.15, 0.2) is 50.2 Å². The monoisotopic (exact) mass is 433 g/mol. The topological polar surface area (TPSA) is 66.4 Å². The van der Waals surface area contributed by atoms with E-state index in [-0.39, 0.29) is 11.5 Å². The minimum atomic E-state index is -3.71. The molecule has 0 heterocycles. The van der Waals surface area contributed by atoms with Crippen molar-refractivity contribution in [2.24, 2.45) is 0 Å². The number of aryl methyl sites for hydroxylation is 1. The molecule has 0 saturated carbocycles. The first-order valence-electron chi connectivity index (χ1n) is 6.02. The molecule has 21 heavy (non-hydrogen) atoms. The van der Waals surface area contributed by atoms with Crippen molar-refractivity contribution in [3.8, 4) is 0 Å². The highest BCUT2D eigenvalue weighted by Crippen LogP contribution is 2.28. The van der Waals surface area contributed by atoms with Gasteiger partial charge in [0, 0.05) is 8.95 Å². The van der Waals surface area contributed by atoms with Crippen LogP contribution in [0.1, 0.15) is 11.1 Å². The van der Waals surface area contributed by atoms with Gasteiger partial charge in [0.25, 0.3) is 10.0 Å². The number of rotatable bonds is 4. The van der Waals surface area contributed by atoms with Gasteiger partial charge in [-0.15, -0.1) is 0 Å². The van der Waals surface area contributed by atoms with Crippen molar-refractivity contribution in [1.82, 2.24) is 0 Å². The molecule has 2 N–H and O–H groups in total. The second-order valence-corrected chi connectivity index (χ2v) is 7.91. The van der Waals surface area contributed by atoms with Crippen molar-refractivity contribution in [3.05, 3.63) is 56.5 Å². The predicted octanol–water partition coefficient (Wildman–Crippen LogP) is 3.81. The lowest BCUT2D eigenvalue weighted by Gasteiger charge is -2.12. The minimum absolute atomic E-state index is 0.124. The fraction of sp³-hybridized carbons (Fsp3) is 0.143. The number of halogens is 2. The van der Waals surface area contributed by atoms with Gasteiger partial charge in [0.15, 0.2) is 0 Å². The van der Waals surface area contributed by atoms with Gasteiger partial charge < -0.3 is 5.11 Å². The number of anilines is 1. The molecule has 0 aromatic heterocycles. The zero-order valence-corrected chi connectivity index (χ0v) is 15.1. The lowest BCUT2D eigenvalue weighted by atomic mass is 10.2. The molecule has 0 unspecified atom stereocenters. The summed E-state index contributed by atoms with van der Waals surface area (Å²) in [4.78, 5) is 0.124. The highest BCUT2D eigenvalue weighted by molar-refractivity contribution is 9.10. The number of hydrogen-bond donors (Lipinski definition) is 2. The van der Waals surface area contributed by atoms with Crippen molar-refractivity contribution >= 4 is 47.6 Å². The Hall–Kier alpha value is -0.890. The number of aliphatic hydroxyl groups is 1. The van der Waals surface area contributed by atoms with Crippen molar-refractivity contribution in [1.29, 1.82) is 0 Å². The first kappa shape index (κ1) is 16.5. The van der Waals surface area contributed by atoms with Gasteiger partial charge in [-0.1, -0.05) is 28.1 Å². The minimum Gasteiger partial charge on any atom is -0.392 e. The van der Waals surface area contributed by atoms with Gasteiger partial charge in [-0.2, -0.15) is 0 Å². The summed E-state index contributed by atoms with van der Waals surface area (Å²) < 4.78 is 28.7. The third-order valence-corrected chi connectivity index (χ3v) is 5.75. The van der Waals surface area contributed by atoms with Crippen LogP contribution in [0.4, 0.5) is 5.69 Å². The van der Waals surface area contributed by atoms with Crippen molar-refractivity contribution in [3.63, 3.8) is 0 Å². The largest absolute Gasteiger partial charge is 0.392 e. The smallest absolute Gasteiger partial charge is 0.263 e. The van der Waals surface area contributed by atoms with Crippen LogP contribution in [0.2, 0.25) is 0 Å². The molecule has 7 heteroatoms. The van der Waals surface area contributed by atoms with Crippen LogP contribution in [0.25, 0.3) is 0 Å². The Labute approximate surface area is 140 Å². The number of nitrogens with one attached hydrogen (secondary N) is 1. The molecule has 112 valence electrons. The highest BCUT2D eigenvalue weighted by atomic mass is 79.9. The average Bonchev–Trinajstić information content (AvgIpc) is 2.42. The van der Waals surface area contributed by atoms with E-state index in [0.29, 0.717) is 15.7 Å². The first-order valence-corrected chi connectivity index (χ1v) is 9.08. The summed E-state index contributed by atoms with van der Waals surface area (Å²) in [5.74, 6) is 0. The Bertz CT molecular complexity index is 776. The summed E-state index contributed by atoms with van der Waals surface area (Å²) in [5.41, 5.74) is 1.98. The molecular formula is C14H13Br2NO3S. The van der Waals surface area contributed by atoms with Crippen LogP contribution >= 0.6 is 31.9 Å². The Balaban J connectivity index is 2.41. The summed E-state index contributed by atoms with van der Waals surface area (Å²) in [6.07, 6.45) is 0. The maximum absolute atomic E-state index is 12.5. The quantitative estimate of drug-likeness (QED) is 0.768. The molecule has 4 nitrogen and oxygen atoms in total. The fourth-order valence-electron chi connectivity index (χ4n) is 1.76. The van der Waals surface area contributed by atoms with E-state index < -0.39 is 10.0 Å². The van der Waals surface area contributed by atoms with E-state index in [4.69, 9.17) is 5.11 Å². The summed E-state index contributed by atoms with van der Waals surface area (Å²) in [7, 11) is -3.71. The Morgan fingerprint density at radius 1 is 1.14 bits per heavy atom. The molecule has 2 aromatic carbocycles. The van der Waals surface area contributed by atoms with Gasteiger partial charge in [0.2, 0.25) is 0 Å². The van der Waals surface area contributed by atoms with Gasteiger partial charge in [0.1, 0.15) is 4.90 Å².